The first-order valence-electron chi connectivity index (χ1n) is 6.83. The van der Waals surface area contributed by atoms with Gasteiger partial charge in [0.05, 0.1) is 32.2 Å². The summed E-state index contributed by atoms with van der Waals surface area (Å²) in [6.07, 6.45) is 3.37. The number of nitrogens with two attached hydrogens (primary N) is 1. The monoisotopic (exact) mass is 293 g/mol. The van der Waals surface area contributed by atoms with Crippen LogP contribution in [0.2, 0.25) is 0 Å². The van der Waals surface area contributed by atoms with Crippen LogP contribution in [0.4, 0.5) is 0 Å². The van der Waals surface area contributed by atoms with Crippen molar-refractivity contribution in [2.75, 3.05) is 27.7 Å². The van der Waals surface area contributed by atoms with E-state index < -0.39 is 0 Å². The molecule has 2 aromatic heterocycles. The van der Waals surface area contributed by atoms with Crippen LogP contribution in [-0.2, 0) is 6.54 Å². The van der Waals surface area contributed by atoms with Crippen LogP contribution in [0.25, 0.3) is 0 Å². The second-order valence-electron chi connectivity index (χ2n) is 5.16. The Labute approximate surface area is 124 Å². The van der Waals surface area contributed by atoms with Gasteiger partial charge >= 0.3 is 0 Å². The maximum absolute atomic E-state index is 5.77. The minimum absolute atomic E-state index is 0.233. The van der Waals surface area contributed by atoms with Crippen molar-refractivity contribution in [1.29, 1.82) is 0 Å². The molecule has 2 rings (SSSR count). The van der Waals surface area contributed by atoms with Crippen LogP contribution in [-0.4, -0.2) is 42.4 Å². The number of nitrogens with zero attached hydrogens (tertiary/aromatic N) is 3. The van der Waals surface area contributed by atoms with Gasteiger partial charge in [0.1, 0.15) is 11.5 Å². The van der Waals surface area contributed by atoms with E-state index >= 15 is 0 Å². The molecule has 0 spiro atoms. The molecule has 7 nitrogen and oxygen atoms in total. The van der Waals surface area contributed by atoms with Crippen molar-refractivity contribution in [2.24, 2.45) is 5.84 Å². The molecule has 0 aliphatic rings. The number of rotatable bonds is 7. The molecule has 0 aliphatic carbocycles. The summed E-state index contributed by atoms with van der Waals surface area (Å²) in [6, 6.07) is 1.67. The molecule has 2 heterocycles. The first kappa shape index (κ1) is 15.6. The third-order valence-corrected chi connectivity index (χ3v) is 3.47. The maximum Gasteiger partial charge on any atom is 0.161 e. The zero-order chi connectivity index (χ0) is 15.4. The maximum atomic E-state index is 5.77. The Hall–Kier alpha value is -1.83. The van der Waals surface area contributed by atoms with Gasteiger partial charge in [-0.3, -0.25) is 10.5 Å². The molecule has 1 atom stereocenters. The highest BCUT2D eigenvalue weighted by Crippen LogP contribution is 2.31. The van der Waals surface area contributed by atoms with Gasteiger partial charge in [0.15, 0.2) is 5.75 Å². The third kappa shape index (κ3) is 3.26. The van der Waals surface area contributed by atoms with Gasteiger partial charge in [0.25, 0.3) is 0 Å². The van der Waals surface area contributed by atoms with E-state index in [0.717, 1.165) is 30.1 Å². The van der Waals surface area contributed by atoms with Crippen LogP contribution in [0.5, 0.6) is 5.75 Å². The van der Waals surface area contributed by atoms with Gasteiger partial charge < -0.3 is 14.1 Å². The van der Waals surface area contributed by atoms with E-state index in [0.29, 0.717) is 5.75 Å². The highest BCUT2D eigenvalue weighted by atomic mass is 16.5. The lowest BCUT2D eigenvalue weighted by Crippen LogP contribution is -2.32. The van der Waals surface area contributed by atoms with Gasteiger partial charge in [0, 0.05) is 12.1 Å². The van der Waals surface area contributed by atoms with Crippen molar-refractivity contribution >= 4 is 0 Å². The van der Waals surface area contributed by atoms with Crippen molar-refractivity contribution in [2.45, 2.75) is 19.5 Å². The van der Waals surface area contributed by atoms with Crippen molar-refractivity contribution in [3.05, 3.63) is 35.5 Å². The number of likely N-dealkylation sites (N-methyl/N-ethyl adjacent to an activating group) is 1. The summed E-state index contributed by atoms with van der Waals surface area (Å²) in [5.74, 6) is 7.30. The molecule has 0 fully saturated rings. The van der Waals surface area contributed by atoms with Crippen LogP contribution in [0.15, 0.2) is 22.9 Å². The van der Waals surface area contributed by atoms with Crippen molar-refractivity contribution in [3.63, 3.8) is 0 Å². The van der Waals surface area contributed by atoms with E-state index in [4.69, 9.17) is 15.0 Å². The highest BCUT2D eigenvalue weighted by molar-refractivity contribution is 5.37. The average molecular weight is 293 g/mol. The zero-order valence-corrected chi connectivity index (χ0v) is 13.0. The molecule has 0 saturated carbocycles. The molecule has 7 heteroatoms. The van der Waals surface area contributed by atoms with Gasteiger partial charge in [0.2, 0.25) is 0 Å². The van der Waals surface area contributed by atoms with Gasteiger partial charge in [-0.25, -0.2) is 5.43 Å². The Morgan fingerprint density at radius 1 is 1.52 bits per heavy atom. The van der Waals surface area contributed by atoms with Crippen LogP contribution < -0.4 is 16.0 Å². The number of hydrogen-bond donors (Lipinski definition) is 2. The fourth-order valence-electron chi connectivity index (χ4n) is 2.31. The number of furan rings is 1. The van der Waals surface area contributed by atoms with Gasteiger partial charge in [-0.1, -0.05) is 0 Å². The van der Waals surface area contributed by atoms with E-state index in [1.165, 1.54) is 0 Å². The molecule has 0 aliphatic heterocycles. The van der Waals surface area contributed by atoms with E-state index in [9.17, 15) is 0 Å². The number of aryl methyl sites for hydroxylation is 1. The molecule has 2 aromatic rings. The summed E-state index contributed by atoms with van der Waals surface area (Å²) in [4.78, 5) is 2.10. The lowest BCUT2D eigenvalue weighted by molar-refractivity contribution is 0.359. The number of hydrazine groups is 1. The van der Waals surface area contributed by atoms with E-state index in [1.807, 2.05) is 31.8 Å². The lowest BCUT2D eigenvalue weighted by atomic mass is 10.0. The second-order valence-corrected chi connectivity index (χ2v) is 5.16. The number of methoxy groups -OCH3 is 1. The Morgan fingerprint density at radius 3 is 2.81 bits per heavy atom. The van der Waals surface area contributed by atoms with Crippen molar-refractivity contribution in [3.8, 4) is 5.75 Å². The van der Waals surface area contributed by atoms with Gasteiger partial charge in [-0.2, -0.15) is 5.10 Å². The summed E-state index contributed by atoms with van der Waals surface area (Å²) in [5.41, 5.74) is 4.71. The second kappa shape index (κ2) is 6.75. The molecule has 0 bridgehead atoms. The van der Waals surface area contributed by atoms with Crippen LogP contribution in [0.1, 0.15) is 23.1 Å². The predicted molar refractivity (Wildman–Crippen MR) is 79.9 cm³/mol. The third-order valence-electron chi connectivity index (χ3n) is 3.47. The number of nitrogens with one attached hydrogen (secondary N) is 1. The number of hydrogen-bond acceptors (Lipinski definition) is 6. The first-order chi connectivity index (χ1) is 10.1. The standard InChI is InChI=1S/C14H23N5O2/c1-10-11(5-8-21-10)13(17-15)14-12(20-4)9-16-19(14)7-6-18(2)3/h5,8-9,13,17H,6-7,15H2,1-4H3. The Balaban J connectivity index is 2.39. The largest absolute Gasteiger partial charge is 0.493 e. The summed E-state index contributed by atoms with van der Waals surface area (Å²) >= 11 is 0. The number of ether oxygens (including phenoxy) is 1. The Kier molecular flexibility index (Phi) is 5.00. The van der Waals surface area contributed by atoms with Gasteiger partial charge in [-0.15, -0.1) is 0 Å². The van der Waals surface area contributed by atoms with Crippen LogP contribution >= 0.6 is 0 Å². The molecule has 116 valence electrons. The molecule has 3 N–H and O–H groups in total. The molecule has 0 aromatic carbocycles. The summed E-state index contributed by atoms with van der Waals surface area (Å²) in [6.45, 7) is 3.53. The van der Waals surface area contributed by atoms with E-state index in [1.54, 1.807) is 19.6 Å². The average Bonchev–Trinajstić information content (AvgIpc) is 3.05. The minimum Gasteiger partial charge on any atom is -0.493 e. The van der Waals surface area contributed by atoms with Crippen LogP contribution in [0.3, 0.4) is 0 Å². The normalized spacial score (nSPS) is 12.9. The summed E-state index contributed by atoms with van der Waals surface area (Å²) in [5, 5.41) is 4.41. The Morgan fingerprint density at radius 2 is 2.29 bits per heavy atom. The minimum atomic E-state index is -0.233. The number of aromatic nitrogens is 2. The van der Waals surface area contributed by atoms with E-state index in [2.05, 4.69) is 15.4 Å². The molecule has 0 radical (unpaired) electrons. The van der Waals surface area contributed by atoms with Crippen molar-refractivity contribution in [1.82, 2.24) is 20.1 Å². The van der Waals surface area contributed by atoms with Crippen LogP contribution in [0, 0.1) is 6.92 Å². The van der Waals surface area contributed by atoms with Gasteiger partial charge in [-0.05, 0) is 27.1 Å². The molecule has 1 unspecified atom stereocenters. The zero-order valence-electron chi connectivity index (χ0n) is 13.0. The molecular weight excluding hydrogens is 270 g/mol. The quantitative estimate of drug-likeness (QED) is 0.583. The molecular formula is C14H23N5O2. The predicted octanol–water partition coefficient (Wildman–Crippen LogP) is 0.907. The molecule has 0 amide bonds. The summed E-state index contributed by atoms with van der Waals surface area (Å²) < 4.78 is 12.7. The molecule has 21 heavy (non-hydrogen) atoms. The Bertz CT molecular complexity index is 576. The summed E-state index contributed by atoms with van der Waals surface area (Å²) in [7, 11) is 5.69. The smallest absolute Gasteiger partial charge is 0.161 e. The lowest BCUT2D eigenvalue weighted by Gasteiger charge is -2.19. The first-order valence-corrected chi connectivity index (χ1v) is 6.83. The van der Waals surface area contributed by atoms with Crippen molar-refractivity contribution < 1.29 is 9.15 Å². The van der Waals surface area contributed by atoms with E-state index in [-0.39, 0.29) is 6.04 Å². The fourth-order valence-corrected chi connectivity index (χ4v) is 2.31. The SMILES string of the molecule is COc1cnn(CCN(C)C)c1C(NN)c1ccoc1C. The fraction of sp³-hybridized carbons (Fsp3) is 0.500. The molecule has 0 saturated heterocycles. The highest BCUT2D eigenvalue weighted by Gasteiger charge is 2.25. The topological polar surface area (TPSA) is 81.5 Å².